The van der Waals surface area contributed by atoms with E-state index in [2.05, 4.69) is 0 Å². The zero-order valence-corrected chi connectivity index (χ0v) is 17.2. The Morgan fingerprint density at radius 3 is 2.34 bits per heavy atom. The molecular formula is C22H23NO5S. The fourth-order valence-electron chi connectivity index (χ4n) is 2.85. The van der Waals surface area contributed by atoms with Gasteiger partial charge in [0.15, 0.2) is 0 Å². The van der Waals surface area contributed by atoms with Gasteiger partial charge in [0.05, 0.1) is 18.6 Å². The van der Waals surface area contributed by atoms with Crippen LogP contribution in [0.2, 0.25) is 0 Å². The van der Waals surface area contributed by atoms with Crippen molar-refractivity contribution < 1.29 is 21.8 Å². The number of furan rings is 1. The van der Waals surface area contributed by atoms with E-state index in [0.717, 1.165) is 11.1 Å². The van der Waals surface area contributed by atoms with Crippen LogP contribution in [-0.4, -0.2) is 25.0 Å². The summed E-state index contributed by atoms with van der Waals surface area (Å²) in [6.07, 6.45) is 1.58. The molecule has 0 aliphatic heterocycles. The highest BCUT2D eigenvalue weighted by atomic mass is 32.2. The fourth-order valence-corrected chi connectivity index (χ4v) is 3.37. The van der Waals surface area contributed by atoms with Crippen molar-refractivity contribution in [2.45, 2.75) is 26.9 Å². The number of aryl methyl sites for hydroxylation is 1. The summed E-state index contributed by atoms with van der Waals surface area (Å²) in [5, 5.41) is 0. The van der Waals surface area contributed by atoms with Gasteiger partial charge >= 0.3 is 10.1 Å². The molecule has 3 rings (SSSR count). The number of hydrogen-bond acceptors (Lipinski definition) is 5. The molecule has 1 amide bonds. The molecule has 0 bridgehead atoms. The second kappa shape index (κ2) is 8.96. The van der Waals surface area contributed by atoms with Crippen molar-refractivity contribution >= 4 is 16.0 Å². The lowest BCUT2D eigenvalue weighted by Gasteiger charge is -2.23. The summed E-state index contributed by atoms with van der Waals surface area (Å²) < 4.78 is 33.6. The topological polar surface area (TPSA) is 76.8 Å². The van der Waals surface area contributed by atoms with Gasteiger partial charge in [0.2, 0.25) is 0 Å². The van der Waals surface area contributed by atoms with Crippen molar-refractivity contribution in [3.63, 3.8) is 0 Å². The first-order valence-electron chi connectivity index (χ1n) is 9.26. The Hall–Kier alpha value is -3.06. The molecule has 2 aromatic carbocycles. The number of benzene rings is 2. The maximum Gasteiger partial charge on any atom is 0.308 e. The first-order valence-corrected chi connectivity index (χ1v) is 10.8. The number of carbonyl (C=O) groups is 1. The second-order valence-corrected chi connectivity index (χ2v) is 8.49. The molecule has 0 saturated carbocycles. The van der Waals surface area contributed by atoms with Crippen molar-refractivity contribution in [1.29, 1.82) is 0 Å². The first-order chi connectivity index (χ1) is 13.9. The predicted molar refractivity (Wildman–Crippen MR) is 110 cm³/mol. The predicted octanol–water partition coefficient (Wildman–Crippen LogP) is 4.16. The van der Waals surface area contributed by atoms with E-state index in [9.17, 15) is 13.2 Å². The zero-order chi connectivity index (χ0) is 20.9. The summed E-state index contributed by atoms with van der Waals surface area (Å²) in [6.45, 7) is 4.09. The van der Waals surface area contributed by atoms with E-state index < -0.39 is 10.1 Å². The molecule has 152 valence electrons. The van der Waals surface area contributed by atoms with Gasteiger partial charge in [-0.25, -0.2) is 0 Å². The average molecular weight is 413 g/mol. The van der Waals surface area contributed by atoms with Crippen LogP contribution in [0, 0.1) is 6.92 Å². The molecule has 0 saturated heterocycles. The van der Waals surface area contributed by atoms with E-state index in [4.69, 9.17) is 8.60 Å². The lowest BCUT2D eigenvalue weighted by atomic mass is 10.1. The minimum atomic E-state index is -3.57. The number of nitrogens with zero attached hydrogens (tertiary/aromatic N) is 1. The van der Waals surface area contributed by atoms with Crippen molar-refractivity contribution in [2.24, 2.45) is 0 Å². The van der Waals surface area contributed by atoms with Crippen LogP contribution in [0.25, 0.3) is 0 Å². The smallest absolute Gasteiger partial charge is 0.308 e. The Bertz CT molecular complexity index is 1060. The molecule has 0 N–H and O–H groups in total. The van der Waals surface area contributed by atoms with E-state index in [-0.39, 0.29) is 17.4 Å². The van der Waals surface area contributed by atoms with Crippen LogP contribution in [0.15, 0.2) is 71.3 Å². The number of amides is 1. The van der Waals surface area contributed by atoms with Gasteiger partial charge in [-0.15, -0.1) is 0 Å². The fraction of sp³-hybridized carbons (Fsp3) is 0.227. The van der Waals surface area contributed by atoms with Gasteiger partial charge < -0.3 is 13.5 Å². The quantitative estimate of drug-likeness (QED) is 0.518. The highest BCUT2D eigenvalue weighted by Gasteiger charge is 2.19. The van der Waals surface area contributed by atoms with Gasteiger partial charge in [-0.3, -0.25) is 4.79 Å². The molecule has 1 heterocycles. The molecule has 0 fully saturated rings. The second-order valence-electron chi connectivity index (χ2n) is 6.63. The molecule has 3 aromatic rings. The Kier molecular flexibility index (Phi) is 6.39. The lowest BCUT2D eigenvalue weighted by Crippen LogP contribution is -2.30. The molecular weight excluding hydrogens is 390 g/mol. The molecule has 0 spiro atoms. The van der Waals surface area contributed by atoms with E-state index in [1.165, 1.54) is 6.92 Å². The standard InChI is InChI=1S/C22H23NO5S/c1-3-29(25,26)28-19-12-10-18(11-13-19)15-23(16-20-8-6-14-27-20)22(24)21-9-5-4-7-17(21)2/h4-14H,3,15-16H2,1-2H3. The molecule has 0 atom stereocenters. The van der Waals surface area contributed by atoms with Crippen molar-refractivity contribution in [3.05, 3.63) is 89.4 Å². The molecule has 0 radical (unpaired) electrons. The van der Waals surface area contributed by atoms with Crippen LogP contribution in [0.1, 0.15) is 34.2 Å². The summed E-state index contributed by atoms with van der Waals surface area (Å²) in [5.41, 5.74) is 2.38. The van der Waals surface area contributed by atoms with Crippen LogP contribution in [0.3, 0.4) is 0 Å². The van der Waals surface area contributed by atoms with Crippen molar-refractivity contribution in [1.82, 2.24) is 4.90 Å². The van der Waals surface area contributed by atoms with Crippen LogP contribution < -0.4 is 4.18 Å². The van der Waals surface area contributed by atoms with Gasteiger partial charge in [-0.05, 0) is 55.3 Å². The number of carbonyl (C=O) groups excluding carboxylic acids is 1. The van der Waals surface area contributed by atoms with Crippen LogP contribution in [-0.2, 0) is 23.2 Å². The Labute approximate surface area is 170 Å². The molecule has 1 aromatic heterocycles. The normalized spacial score (nSPS) is 11.2. The number of hydrogen-bond donors (Lipinski definition) is 0. The summed E-state index contributed by atoms with van der Waals surface area (Å²) in [6, 6.07) is 17.7. The lowest BCUT2D eigenvalue weighted by molar-refractivity contribution is 0.0717. The van der Waals surface area contributed by atoms with E-state index >= 15 is 0 Å². The Balaban J connectivity index is 1.81. The zero-order valence-electron chi connectivity index (χ0n) is 16.4. The molecule has 0 aliphatic carbocycles. The largest absolute Gasteiger partial charge is 0.467 e. The maximum absolute atomic E-state index is 13.2. The van der Waals surface area contributed by atoms with Gasteiger partial charge in [0, 0.05) is 12.1 Å². The van der Waals surface area contributed by atoms with Gasteiger partial charge in [-0.1, -0.05) is 30.3 Å². The minimum absolute atomic E-state index is 0.101. The molecule has 29 heavy (non-hydrogen) atoms. The average Bonchev–Trinajstić information content (AvgIpc) is 3.22. The molecule has 7 heteroatoms. The molecule has 0 unspecified atom stereocenters. The van der Waals surface area contributed by atoms with Crippen LogP contribution in [0.5, 0.6) is 5.75 Å². The molecule has 6 nitrogen and oxygen atoms in total. The van der Waals surface area contributed by atoms with Crippen molar-refractivity contribution in [3.8, 4) is 5.75 Å². The van der Waals surface area contributed by atoms with E-state index in [1.807, 2.05) is 31.2 Å². The SMILES string of the molecule is CCS(=O)(=O)Oc1ccc(CN(Cc2ccco2)C(=O)c2ccccc2C)cc1. The monoisotopic (exact) mass is 413 g/mol. The summed E-state index contributed by atoms with van der Waals surface area (Å²) >= 11 is 0. The number of rotatable bonds is 8. The highest BCUT2D eigenvalue weighted by molar-refractivity contribution is 7.87. The summed E-state index contributed by atoms with van der Waals surface area (Å²) in [7, 11) is -3.57. The Morgan fingerprint density at radius 1 is 1.00 bits per heavy atom. The van der Waals surface area contributed by atoms with Gasteiger partial charge in [0.1, 0.15) is 11.5 Å². The molecule has 0 aliphatic rings. The third-order valence-corrected chi connectivity index (χ3v) is 5.62. The van der Waals surface area contributed by atoms with Gasteiger partial charge in [-0.2, -0.15) is 8.42 Å². The Morgan fingerprint density at radius 2 is 1.72 bits per heavy atom. The highest BCUT2D eigenvalue weighted by Crippen LogP contribution is 2.19. The minimum Gasteiger partial charge on any atom is -0.467 e. The van der Waals surface area contributed by atoms with Gasteiger partial charge in [0.25, 0.3) is 5.91 Å². The third-order valence-electron chi connectivity index (χ3n) is 4.46. The van der Waals surface area contributed by atoms with Crippen LogP contribution in [0.4, 0.5) is 0 Å². The first kappa shape index (κ1) is 20.7. The van der Waals surface area contributed by atoms with Crippen LogP contribution >= 0.6 is 0 Å². The third kappa shape index (κ3) is 5.48. The summed E-state index contributed by atoms with van der Waals surface area (Å²) in [5.74, 6) is 0.726. The maximum atomic E-state index is 13.2. The van der Waals surface area contributed by atoms with Crippen molar-refractivity contribution in [2.75, 3.05) is 5.75 Å². The van der Waals surface area contributed by atoms with E-state index in [1.54, 1.807) is 47.6 Å². The summed E-state index contributed by atoms with van der Waals surface area (Å²) in [4.78, 5) is 14.9. The van der Waals surface area contributed by atoms with E-state index in [0.29, 0.717) is 24.4 Å².